The molecular formula is C64H45N7. The number of benzene rings is 9. The lowest BCUT2D eigenvalue weighted by molar-refractivity contribution is 1.15. The number of pyridine rings is 2. The van der Waals surface area contributed by atoms with Gasteiger partial charge in [-0.1, -0.05) is 109 Å². The Morgan fingerprint density at radius 1 is 0.225 bits per heavy atom. The number of anilines is 15. The van der Waals surface area contributed by atoms with Gasteiger partial charge in [0.1, 0.15) is 0 Å². The van der Waals surface area contributed by atoms with Gasteiger partial charge in [0.25, 0.3) is 0 Å². The van der Waals surface area contributed by atoms with E-state index in [1.807, 2.05) is 24.8 Å². The van der Waals surface area contributed by atoms with E-state index in [-0.39, 0.29) is 0 Å². The Morgan fingerprint density at radius 3 is 0.803 bits per heavy atom. The van der Waals surface area contributed by atoms with Gasteiger partial charge in [0.2, 0.25) is 0 Å². The van der Waals surface area contributed by atoms with Gasteiger partial charge in [0.05, 0.1) is 62.6 Å². The van der Waals surface area contributed by atoms with E-state index in [2.05, 4.69) is 283 Å². The maximum Gasteiger partial charge on any atom is 0.0703 e. The fourth-order valence-electron chi connectivity index (χ4n) is 10.3. The van der Waals surface area contributed by atoms with E-state index in [1.165, 1.54) is 0 Å². The van der Waals surface area contributed by atoms with Crippen molar-refractivity contribution in [2.75, 3.05) is 24.5 Å². The third-order valence-electron chi connectivity index (χ3n) is 13.4. The minimum atomic E-state index is 0.992. The standard InChI is InChI=1S/C64H45N7/c1-3-15-50(16-4-1)68-57-19-7-11-23-61(57)70(62-24-12-8-20-58(62)68)55-43-54(44-56(45-55)71-63-25-13-9-21-59(63)69(51-17-5-2-6-18-51)60-22-10-14-26-64(60)71)67(52-31-27-46(28-32-52)48-35-39-65-40-36-48)53-33-29-47(30-34-53)49-37-41-66-42-38-49/h1-45H. The molecule has 9 aromatic carbocycles. The second-order valence-electron chi connectivity index (χ2n) is 17.6. The average Bonchev–Trinajstić information content (AvgIpc) is 3.45. The molecule has 71 heavy (non-hydrogen) atoms. The van der Waals surface area contributed by atoms with E-state index in [9.17, 15) is 0 Å². The summed E-state index contributed by atoms with van der Waals surface area (Å²) in [4.78, 5) is 20.6. The van der Waals surface area contributed by atoms with Gasteiger partial charge in [-0.3, -0.25) is 9.97 Å². The van der Waals surface area contributed by atoms with Gasteiger partial charge in [-0.05, 0) is 162 Å². The van der Waals surface area contributed by atoms with Crippen LogP contribution in [0.4, 0.5) is 85.3 Å². The van der Waals surface area contributed by atoms with E-state index >= 15 is 0 Å². The lowest BCUT2D eigenvalue weighted by Crippen LogP contribution is -2.25. The zero-order valence-corrected chi connectivity index (χ0v) is 38.6. The van der Waals surface area contributed by atoms with Crippen molar-refractivity contribution in [2.24, 2.45) is 0 Å². The first-order chi connectivity index (χ1) is 35.2. The fraction of sp³-hybridized carbons (Fsp3) is 0. The maximum atomic E-state index is 4.29. The van der Waals surface area contributed by atoms with Crippen molar-refractivity contribution in [3.8, 4) is 22.3 Å². The number of nitrogens with zero attached hydrogens (tertiary/aromatic N) is 7. The van der Waals surface area contributed by atoms with Crippen LogP contribution in [0, 0.1) is 0 Å². The highest BCUT2D eigenvalue weighted by Gasteiger charge is 2.34. The lowest BCUT2D eigenvalue weighted by Gasteiger charge is -2.42. The highest BCUT2D eigenvalue weighted by Crippen LogP contribution is 2.58. The molecule has 0 N–H and O–H groups in total. The first-order valence-corrected chi connectivity index (χ1v) is 23.9. The first-order valence-electron chi connectivity index (χ1n) is 23.9. The summed E-state index contributed by atoms with van der Waals surface area (Å²) in [7, 11) is 0. The first kappa shape index (κ1) is 41.5. The average molecular weight is 912 g/mol. The topological polar surface area (TPSA) is 42.0 Å². The highest BCUT2D eigenvalue weighted by molar-refractivity contribution is 6.05. The van der Waals surface area contributed by atoms with E-state index in [4.69, 9.17) is 0 Å². The third kappa shape index (κ3) is 7.41. The van der Waals surface area contributed by atoms with Crippen LogP contribution in [0.15, 0.2) is 274 Å². The minimum absolute atomic E-state index is 0.992. The second kappa shape index (κ2) is 17.7. The summed E-state index contributed by atoms with van der Waals surface area (Å²) in [5, 5.41) is 0. The Labute approximate surface area is 413 Å². The van der Waals surface area contributed by atoms with E-state index < -0.39 is 0 Å². The summed E-state index contributed by atoms with van der Waals surface area (Å²) >= 11 is 0. The van der Waals surface area contributed by atoms with Crippen LogP contribution in [0.1, 0.15) is 0 Å². The Kier molecular flexibility index (Phi) is 10.4. The molecule has 0 saturated heterocycles. The molecule has 0 spiro atoms. The van der Waals surface area contributed by atoms with Crippen LogP contribution in [0.5, 0.6) is 0 Å². The summed E-state index contributed by atoms with van der Waals surface area (Å²) in [6.07, 6.45) is 7.38. The fourth-order valence-corrected chi connectivity index (χ4v) is 10.3. The predicted molar refractivity (Wildman–Crippen MR) is 293 cm³/mol. The molecule has 7 heteroatoms. The number of para-hydroxylation sites is 10. The van der Waals surface area contributed by atoms with Gasteiger partial charge in [-0.25, -0.2) is 0 Å². The molecule has 0 amide bonds. The van der Waals surface area contributed by atoms with E-state index in [1.54, 1.807) is 0 Å². The Morgan fingerprint density at radius 2 is 0.493 bits per heavy atom. The molecule has 0 aliphatic carbocycles. The van der Waals surface area contributed by atoms with Gasteiger partial charge < -0.3 is 24.5 Å². The van der Waals surface area contributed by atoms with Gasteiger partial charge in [-0.15, -0.1) is 0 Å². The van der Waals surface area contributed by atoms with E-state index in [0.29, 0.717) is 0 Å². The molecule has 4 heterocycles. The molecular weight excluding hydrogens is 867 g/mol. The second-order valence-corrected chi connectivity index (χ2v) is 17.6. The molecule has 2 aliphatic rings. The van der Waals surface area contributed by atoms with Crippen LogP contribution in [-0.4, -0.2) is 9.97 Å². The molecule has 0 radical (unpaired) electrons. The molecule has 7 nitrogen and oxygen atoms in total. The van der Waals surface area contributed by atoms with Crippen LogP contribution < -0.4 is 24.5 Å². The van der Waals surface area contributed by atoms with Crippen molar-refractivity contribution in [2.45, 2.75) is 0 Å². The van der Waals surface area contributed by atoms with Crippen molar-refractivity contribution in [1.29, 1.82) is 0 Å². The van der Waals surface area contributed by atoms with Crippen molar-refractivity contribution in [3.05, 3.63) is 274 Å². The van der Waals surface area contributed by atoms with Gasteiger partial charge >= 0.3 is 0 Å². The van der Waals surface area contributed by atoms with Crippen LogP contribution >= 0.6 is 0 Å². The number of aromatic nitrogens is 2. The monoisotopic (exact) mass is 911 g/mol. The van der Waals surface area contributed by atoms with Crippen molar-refractivity contribution in [1.82, 2.24) is 9.97 Å². The highest BCUT2D eigenvalue weighted by atomic mass is 15.3. The molecule has 0 bridgehead atoms. The smallest absolute Gasteiger partial charge is 0.0703 e. The Bertz CT molecular complexity index is 3330. The molecule has 11 aromatic rings. The third-order valence-corrected chi connectivity index (χ3v) is 13.4. The molecule has 336 valence electrons. The van der Waals surface area contributed by atoms with Crippen molar-refractivity contribution in [3.63, 3.8) is 0 Å². The molecule has 0 fully saturated rings. The summed E-state index contributed by atoms with van der Waals surface area (Å²) in [5.41, 5.74) is 20.4. The summed E-state index contributed by atoms with van der Waals surface area (Å²) in [6, 6.07) is 89.3. The van der Waals surface area contributed by atoms with Crippen LogP contribution in [0.2, 0.25) is 0 Å². The summed E-state index contributed by atoms with van der Waals surface area (Å²) in [5.74, 6) is 0. The predicted octanol–water partition coefficient (Wildman–Crippen LogP) is 17.8. The molecule has 0 atom stereocenters. The van der Waals surface area contributed by atoms with Gasteiger partial charge in [0.15, 0.2) is 0 Å². The lowest BCUT2D eigenvalue weighted by atomic mass is 10.0. The van der Waals surface area contributed by atoms with Crippen LogP contribution in [0.3, 0.4) is 0 Å². The Hall–Kier alpha value is -9.72. The normalized spacial score (nSPS) is 12.4. The zero-order valence-electron chi connectivity index (χ0n) is 38.6. The SMILES string of the molecule is c1ccc(N2c3ccccc3N(c3cc(N(c4ccc(-c5ccncc5)cc4)c4ccc(-c5ccncc5)cc4)cc(N4c5ccccc5N(c5ccccc5)c5ccccc54)c3)c3ccccc32)cc1. The molecule has 13 rings (SSSR count). The van der Waals surface area contributed by atoms with Gasteiger partial charge in [-0.2, -0.15) is 0 Å². The van der Waals surface area contributed by atoms with E-state index in [0.717, 1.165) is 108 Å². The number of hydrogen-bond acceptors (Lipinski definition) is 7. The van der Waals surface area contributed by atoms with Gasteiger partial charge in [0, 0.05) is 47.5 Å². The maximum absolute atomic E-state index is 4.29. The molecule has 2 aliphatic heterocycles. The summed E-state index contributed by atoms with van der Waals surface area (Å²) < 4.78 is 0. The zero-order chi connectivity index (χ0) is 47.1. The number of fused-ring (bicyclic) bond motifs is 4. The largest absolute Gasteiger partial charge is 0.310 e. The summed E-state index contributed by atoms with van der Waals surface area (Å²) in [6.45, 7) is 0. The molecule has 0 saturated carbocycles. The molecule has 0 unspecified atom stereocenters. The quantitative estimate of drug-likeness (QED) is 0.143. The Balaban J connectivity index is 1.07. The number of rotatable bonds is 9. The number of hydrogen-bond donors (Lipinski definition) is 0. The molecule has 2 aromatic heterocycles. The van der Waals surface area contributed by atoms with Crippen molar-refractivity contribution < 1.29 is 0 Å². The van der Waals surface area contributed by atoms with Crippen LogP contribution in [-0.2, 0) is 0 Å². The minimum Gasteiger partial charge on any atom is -0.310 e. The van der Waals surface area contributed by atoms with Crippen LogP contribution in [0.25, 0.3) is 22.3 Å². The van der Waals surface area contributed by atoms with Crippen molar-refractivity contribution >= 4 is 85.3 Å².